The van der Waals surface area contributed by atoms with Crippen LogP contribution in [0.3, 0.4) is 0 Å². The lowest BCUT2D eigenvalue weighted by Gasteiger charge is -2.34. The third-order valence-corrected chi connectivity index (χ3v) is 5.56. The minimum Gasteiger partial charge on any atom is -0.296 e. The van der Waals surface area contributed by atoms with Gasteiger partial charge in [-0.25, -0.2) is 9.37 Å². The van der Waals surface area contributed by atoms with Crippen molar-refractivity contribution in [2.45, 2.75) is 20.0 Å². The molecule has 0 atom stereocenters. The van der Waals surface area contributed by atoms with Crippen molar-refractivity contribution in [3.8, 4) is 11.3 Å². The largest absolute Gasteiger partial charge is 0.296 e. The molecule has 0 unspecified atom stereocenters. The van der Waals surface area contributed by atoms with Gasteiger partial charge in [0.25, 0.3) is 0 Å². The Kier molecular flexibility index (Phi) is 5.10. The fourth-order valence-electron chi connectivity index (χ4n) is 3.38. The zero-order valence-corrected chi connectivity index (χ0v) is 15.6. The molecular weight excluding hydrogens is 349 g/mol. The highest BCUT2D eigenvalue weighted by atomic mass is 32.1. The van der Waals surface area contributed by atoms with Crippen LogP contribution >= 0.6 is 11.3 Å². The molecule has 0 radical (unpaired) electrons. The summed E-state index contributed by atoms with van der Waals surface area (Å²) in [5, 5.41) is 10.5. The number of thiazole rings is 1. The van der Waals surface area contributed by atoms with Crippen LogP contribution in [-0.4, -0.2) is 51.2 Å². The zero-order chi connectivity index (χ0) is 17.9. The van der Waals surface area contributed by atoms with Crippen molar-refractivity contribution in [1.29, 1.82) is 0 Å². The van der Waals surface area contributed by atoms with Crippen molar-refractivity contribution in [3.63, 3.8) is 0 Å². The minimum atomic E-state index is -0.228. The maximum Gasteiger partial charge on any atom is 0.123 e. The number of benzene rings is 1. The normalized spacial score (nSPS) is 16.2. The fourth-order valence-corrected chi connectivity index (χ4v) is 3.99. The summed E-state index contributed by atoms with van der Waals surface area (Å²) in [4.78, 5) is 9.44. The van der Waals surface area contributed by atoms with E-state index in [0.29, 0.717) is 0 Å². The van der Waals surface area contributed by atoms with Crippen LogP contribution in [0, 0.1) is 12.7 Å². The number of aromatic amines is 1. The van der Waals surface area contributed by atoms with E-state index in [4.69, 9.17) is 0 Å². The summed E-state index contributed by atoms with van der Waals surface area (Å²) in [6.07, 6.45) is 1.85. The van der Waals surface area contributed by atoms with E-state index in [1.807, 2.05) is 19.2 Å². The highest BCUT2D eigenvalue weighted by Crippen LogP contribution is 2.23. The number of nitrogens with one attached hydrogen (secondary N) is 1. The van der Waals surface area contributed by atoms with E-state index < -0.39 is 0 Å². The molecule has 26 heavy (non-hydrogen) atoms. The molecule has 0 amide bonds. The van der Waals surface area contributed by atoms with E-state index in [1.54, 1.807) is 23.5 Å². The summed E-state index contributed by atoms with van der Waals surface area (Å²) < 4.78 is 13.5. The molecule has 4 rings (SSSR count). The SMILES string of the molecule is Cc1nc(CN2CCN(Cc3cn[nH]c3-c3cccc(F)c3)CC2)cs1. The molecule has 5 nitrogen and oxygen atoms in total. The lowest BCUT2D eigenvalue weighted by Crippen LogP contribution is -2.45. The Morgan fingerprint density at radius 1 is 1.15 bits per heavy atom. The molecule has 1 aliphatic heterocycles. The first-order valence-corrected chi connectivity index (χ1v) is 9.69. The summed E-state index contributed by atoms with van der Waals surface area (Å²) in [6.45, 7) is 7.89. The van der Waals surface area contributed by atoms with E-state index in [0.717, 1.165) is 61.1 Å². The molecule has 1 saturated heterocycles. The van der Waals surface area contributed by atoms with Crippen molar-refractivity contribution >= 4 is 11.3 Å². The van der Waals surface area contributed by atoms with E-state index in [1.165, 1.54) is 11.8 Å². The van der Waals surface area contributed by atoms with Gasteiger partial charge in [-0.1, -0.05) is 12.1 Å². The molecule has 0 saturated carbocycles. The molecule has 0 aliphatic carbocycles. The Balaban J connectivity index is 1.36. The van der Waals surface area contributed by atoms with Gasteiger partial charge in [0, 0.05) is 55.8 Å². The second kappa shape index (κ2) is 7.65. The van der Waals surface area contributed by atoms with E-state index in [2.05, 4.69) is 30.4 Å². The van der Waals surface area contributed by atoms with Gasteiger partial charge < -0.3 is 0 Å². The van der Waals surface area contributed by atoms with Crippen molar-refractivity contribution in [3.05, 3.63) is 57.9 Å². The summed E-state index contributed by atoms with van der Waals surface area (Å²) in [7, 11) is 0. The van der Waals surface area contributed by atoms with Crippen LogP contribution in [0.1, 0.15) is 16.3 Å². The van der Waals surface area contributed by atoms with Gasteiger partial charge in [0.2, 0.25) is 0 Å². The zero-order valence-electron chi connectivity index (χ0n) is 14.8. The van der Waals surface area contributed by atoms with Crippen LogP contribution in [0.5, 0.6) is 0 Å². The van der Waals surface area contributed by atoms with E-state index >= 15 is 0 Å². The molecular formula is C19H22FN5S. The van der Waals surface area contributed by atoms with Gasteiger partial charge in [0.1, 0.15) is 5.82 Å². The number of H-pyrrole nitrogens is 1. The van der Waals surface area contributed by atoms with Crippen LogP contribution < -0.4 is 0 Å². The van der Waals surface area contributed by atoms with E-state index in [9.17, 15) is 4.39 Å². The summed E-state index contributed by atoms with van der Waals surface area (Å²) in [5.74, 6) is -0.228. The lowest BCUT2D eigenvalue weighted by molar-refractivity contribution is 0.121. The first kappa shape index (κ1) is 17.3. The number of piperazine rings is 1. The predicted molar refractivity (Wildman–Crippen MR) is 101 cm³/mol. The molecule has 1 N–H and O–H groups in total. The lowest BCUT2D eigenvalue weighted by atomic mass is 10.1. The van der Waals surface area contributed by atoms with E-state index in [-0.39, 0.29) is 5.82 Å². The molecule has 1 aliphatic rings. The Morgan fingerprint density at radius 3 is 2.62 bits per heavy atom. The van der Waals surface area contributed by atoms with Crippen molar-refractivity contribution in [2.75, 3.05) is 26.2 Å². The Bertz CT molecular complexity index is 866. The van der Waals surface area contributed by atoms with Gasteiger partial charge in [-0.15, -0.1) is 11.3 Å². The number of nitrogens with zero attached hydrogens (tertiary/aromatic N) is 4. The van der Waals surface area contributed by atoms with Gasteiger partial charge in [0.15, 0.2) is 0 Å². The van der Waals surface area contributed by atoms with Crippen LogP contribution in [0.2, 0.25) is 0 Å². The van der Waals surface area contributed by atoms with Crippen LogP contribution in [0.4, 0.5) is 4.39 Å². The molecule has 3 aromatic rings. The molecule has 136 valence electrons. The fraction of sp³-hybridized carbons (Fsp3) is 0.368. The van der Waals surface area contributed by atoms with Gasteiger partial charge in [-0.2, -0.15) is 5.10 Å². The first-order valence-electron chi connectivity index (χ1n) is 8.81. The second-order valence-electron chi connectivity index (χ2n) is 6.69. The quantitative estimate of drug-likeness (QED) is 0.748. The van der Waals surface area contributed by atoms with Crippen molar-refractivity contribution in [1.82, 2.24) is 25.0 Å². The van der Waals surface area contributed by atoms with Gasteiger partial charge in [-0.05, 0) is 19.1 Å². The smallest absolute Gasteiger partial charge is 0.123 e. The van der Waals surface area contributed by atoms with Crippen molar-refractivity contribution in [2.24, 2.45) is 0 Å². The Labute approximate surface area is 156 Å². The van der Waals surface area contributed by atoms with Crippen LogP contribution in [0.25, 0.3) is 11.3 Å². The summed E-state index contributed by atoms with van der Waals surface area (Å²) in [5.41, 5.74) is 4.03. The molecule has 0 bridgehead atoms. The Morgan fingerprint density at radius 2 is 1.92 bits per heavy atom. The summed E-state index contributed by atoms with van der Waals surface area (Å²) >= 11 is 1.71. The third-order valence-electron chi connectivity index (χ3n) is 4.74. The van der Waals surface area contributed by atoms with Gasteiger partial charge in [0.05, 0.1) is 22.6 Å². The van der Waals surface area contributed by atoms with Crippen molar-refractivity contribution < 1.29 is 4.39 Å². The monoisotopic (exact) mass is 371 g/mol. The predicted octanol–water partition coefficient (Wildman–Crippen LogP) is 3.30. The maximum absolute atomic E-state index is 13.5. The summed E-state index contributed by atoms with van der Waals surface area (Å²) in [6, 6.07) is 6.65. The number of hydrogen-bond donors (Lipinski definition) is 1. The number of hydrogen-bond acceptors (Lipinski definition) is 5. The molecule has 0 spiro atoms. The van der Waals surface area contributed by atoms with Gasteiger partial charge in [-0.3, -0.25) is 14.9 Å². The average Bonchev–Trinajstić information content (AvgIpc) is 3.26. The Hall–Kier alpha value is -2.09. The molecule has 2 aromatic heterocycles. The number of aryl methyl sites for hydroxylation is 1. The average molecular weight is 371 g/mol. The number of aromatic nitrogens is 3. The number of halogens is 1. The standard InChI is InChI=1S/C19H22FN5S/c1-14-22-18(13-26-14)12-25-7-5-24(6-8-25)11-16-10-21-23-19(16)15-3-2-4-17(20)9-15/h2-4,9-10,13H,5-8,11-12H2,1H3,(H,21,23). The molecule has 1 fully saturated rings. The minimum absolute atomic E-state index is 0.228. The second-order valence-corrected chi connectivity index (χ2v) is 7.75. The topological polar surface area (TPSA) is 48.1 Å². The first-order chi connectivity index (χ1) is 12.7. The maximum atomic E-state index is 13.5. The van der Waals surface area contributed by atoms with Gasteiger partial charge >= 0.3 is 0 Å². The highest BCUT2D eigenvalue weighted by molar-refractivity contribution is 7.09. The van der Waals surface area contributed by atoms with Crippen LogP contribution in [-0.2, 0) is 13.1 Å². The number of rotatable bonds is 5. The molecule has 3 heterocycles. The third kappa shape index (κ3) is 4.00. The molecule has 7 heteroatoms. The molecule has 1 aromatic carbocycles. The highest BCUT2D eigenvalue weighted by Gasteiger charge is 2.19. The van der Waals surface area contributed by atoms with Crippen LogP contribution in [0.15, 0.2) is 35.8 Å².